The van der Waals surface area contributed by atoms with Crippen LogP contribution in [0.5, 0.6) is 0 Å². The zero-order valence-corrected chi connectivity index (χ0v) is 22.6. The minimum absolute atomic E-state index is 0.687. The van der Waals surface area contributed by atoms with Crippen molar-refractivity contribution in [3.05, 3.63) is 125 Å². The van der Waals surface area contributed by atoms with E-state index in [1.54, 1.807) is 25.0 Å². The Morgan fingerprint density at radius 1 is 0.605 bits per heavy atom. The summed E-state index contributed by atoms with van der Waals surface area (Å²) >= 11 is 0. The summed E-state index contributed by atoms with van der Waals surface area (Å²) in [6.07, 6.45) is 10.8. The van der Waals surface area contributed by atoms with E-state index in [-0.39, 0.29) is 0 Å². The molecule has 2 aromatic carbocycles. The molecule has 0 radical (unpaired) electrons. The number of pyridine rings is 1. The van der Waals surface area contributed by atoms with E-state index in [4.69, 9.17) is 15.0 Å². The van der Waals surface area contributed by atoms with Gasteiger partial charge in [0.2, 0.25) is 0 Å². The second kappa shape index (κ2) is 10.4. The molecule has 0 spiro atoms. The molecule has 7 heteroatoms. The van der Waals surface area contributed by atoms with E-state index in [2.05, 4.69) is 75.8 Å². The van der Waals surface area contributed by atoms with Gasteiger partial charge in [-0.05, 0) is 75.9 Å². The maximum atomic E-state index is 5.11. The van der Waals surface area contributed by atoms with Gasteiger partial charge in [0, 0.05) is 24.8 Å². The highest BCUT2D eigenvalue weighted by Crippen LogP contribution is 2.28. The minimum Gasteiger partial charge on any atom is -0.289 e. The molecule has 0 aliphatic heterocycles. The number of imidazole rings is 2. The molecule has 3 heterocycles. The third kappa shape index (κ3) is 5.09. The van der Waals surface area contributed by atoms with Gasteiger partial charge in [0.15, 0.2) is 11.7 Å². The first-order chi connectivity index (χ1) is 18.3. The first-order valence-corrected chi connectivity index (χ1v) is 12.6. The van der Waals surface area contributed by atoms with Gasteiger partial charge in [-0.3, -0.25) is 9.13 Å². The van der Waals surface area contributed by atoms with Crippen molar-refractivity contribution >= 4 is 23.0 Å². The van der Waals surface area contributed by atoms with Gasteiger partial charge in [-0.15, -0.1) is 0 Å². The van der Waals surface area contributed by atoms with Crippen molar-refractivity contribution in [2.24, 2.45) is 9.98 Å². The van der Waals surface area contributed by atoms with Crippen molar-refractivity contribution in [2.45, 2.75) is 41.5 Å². The lowest BCUT2D eigenvalue weighted by Crippen LogP contribution is -2.18. The lowest BCUT2D eigenvalue weighted by Gasteiger charge is -2.14. The van der Waals surface area contributed by atoms with E-state index in [1.807, 2.05) is 39.7 Å². The van der Waals surface area contributed by atoms with Crippen LogP contribution < -0.4 is 0 Å². The average molecular weight is 502 g/mol. The Kier molecular flexibility index (Phi) is 6.83. The Bertz CT molecular complexity index is 1490. The smallest absolute Gasteiger partial charge is 0.164 e. The molecule has 7 nitrogen and oxygen atoms in total. The zero-order chi connectivity index (χ0) is 26.8. The summed E-state index contributed by atoms with van der Waals surface area (Å²) in [6.45, 7) is 12.6. The summed E-state index contributed by atoms with van der Waals surface area (Å²) in [5.74, 6) is 1.37. The van der Waals surface area contributed by atoms with Crippen LogP contribution in [0.25, 0.3) is 0 Å². The van der Waals surface area contributed by atoms with Crippen molar-refractivity contribution in [1.82, 2.24) is 24.1 Å². The summed E-state index contributed by atoms with van der Waals surface area (Å²) in [7, 11) is 0. The van der Waals surface area contributed by atoms with Crippen LogP contribution in [0.3, 0.4) is 0 Å². The molecule has 0 amide bonds. The standard InChI is InChI=1S/C31H31N7/c1-20-14-22(3)28(23(4)15-20)35-30(37-12-10-32-18-37)26-8-7-9-27(34-26)31(38-13-11-33-19-38)36-29-24(5)16-21(2)17-25(29)6/h7-19H,1-6H3. The van der Waals surface area contributed by atoms with Crippen molar-refractivity contribution in [2.75, 3.05) is 0 Å². The molecule has 5 rings (SSSR count). The molecule has 3 aromatic heterocycles. The average Bonchev–Trinajstić information content (AvgIpc) is 3.58. The zero-order valence-electron chi connectivity index (χ0n) is 22.6. The van der Waals surface area contributed by atoms with Crippen LogP contribution >= 0.6 is 0 Å². The van der Waals surface area contributed by atoms with Crippen LogP contribution in [-0.2, 0) is 0 Å². The Labute approximate surface area is 223 Å². The fourth-order valence-electron chi connectivity index (χ4n) is 4.86. The number of aromatic nitrogens is 5. The molecule has 0 bridgehead atoms. The van der Waals surface area contributed by atoms with E-state index in [0.29, 0.717) is 23.1 Å². The minimum atomic E-state index is 0.687. The normalized spacial score (nSPS) is 12.3. The highest BCUT2D eigenvalue weighted by atomic mass is 15.1. The van der Waals surface area contributed by atoms with E-state index in [0.717, 1.165) is 33.6 Å². The van der Waals surface area contributed by atoms with Crippen LogP contribution in [-0.4, -0.2) is 35.8 Å². The van der Waals surface area contributed by atoms with Gasteiger partial charge < -0.3 is 0 Å². The van der Waals surface area contributed by atoms with Gasteiger partial charge in [-0.2, -0.15) is 0 Å². The van der Waals surface area contributed by atoms with E-state index >= 15 is 0 Å². The highest BCUT2D eigenvalue weighted by molar-refractivity contribution is 6.04. The predicted octanol–water partition coefficient (Wildman–Crippen LogP) is 6.58. The summed E-state index contributed by atoms with van der Waals surface area (Å²) in [4.78, 5) is 23.8. The van der Waals surface area contributed by atoms with Gasteiger partial charge in [0.05, 0.1) is 11.4 Å². The SMILES string of the molecule is Cc1cc(C)c(N=C(c2cccc(C(=Nc3c(C)cc(C)cc3C)n3ccnc3)n2)n2ccnc2)c(C)c1. The summed E-state index contributed by atoms with van der Waals surface area (Å²) in [5.41, 5.74) is 10.2. The Balaban J connectivity index is 1.69. The fraction of sp³-hybridized carbons (Fsp3) is 0.194. The number of rotatable bonds is 4. The lowest BCUT2D eigenvalue weighted by molar-refractivity contribution is 1.07. The third-order valence-electron chi connectivity index (χ3n) is 6.41. The van der Waals surface area contributed by atoms with Crippen molar-refractivity contribution in [3.8, 4) is 0 Å². The Hall–Kier alpha value is -4.65. The molecule has 0 N–H and O–H groups in total. The largest absolute Gasteiger partial charge is 0.289 e. The van der Waals surface area contributed by atoms with Crippen LogP contribution in [0.15, 0.2) is 89.9 Å². The van der Waals surface area contributed by atoms with Crippen LogP contribution in [0, 0.1) is 41.5 Å². The number of benzene rings is 2. The van der Waals surface area contributed by atoms with Gasteiger partial charge in [-0.1, -0.05) is 41.5 Å². The molecule has 5 aromatic rings. The maximum Gasteiger partial charge on any atom is 0.164 e. The molecule has 0 aliphatic rings. The number of hydrogen-bond acceptors (Lipinski definition) is 5. The molecule has 0 saturated heterocycles. The molecule has 0 aliphatic carbocycles. The maximum absolute atomic E-state index is 5.11. The van der Waals surface area contributed by atoms with Gasteiger partial charge >= 0.3 is 0 Å². The van der Waals surface area contributed by atoms with Crippen LogP contribution in [0.4, 0.5) is 11.4 Å². The fourth-order valence-corrected chi connectivity index (χ4v) is 4.86. The molecule has 0 saturated carbocycles. The summed E-state index contributed by atoms with van der Waals surface area (Å²) in [6, 6.07) is 14.5. The lowest BCUT2D eigenvalue weighted by atomic mass is 10.1. The Morgan fingerprint density at radius 2 is 1.00 bits per heavy atom. The van der Waals surface area contributed by atoms with Gasteiger partial charge in [0.25, 0.3) is 0 Å². The van der Waals surface area contributed by atoms with Gasteiger partial charge in [0.1, 0.15) is 24.0 Å². The molecule has 0 atom stereocenters. The van der Waals surface area contributed by atoms with Crippen molar-refractivity contribution in [1.29, 1.82) is 0 Å². The topological polar surface area (TPSA) is 73.2 Å². The molecule has 0 fully saturated rings. The van der Waals surface area contributed by atoms with Crippen molar-refractivity contribution < 1.29 is 0 Å². The number of hydrogen-bond donors (Lipinski definition) is 0. The van der Waals surface area contributed by atoms with E-state index < -0.39 is 0 Å². The summed E-state index contributed by atoms with van der Waals surface area (Å²) < 4.78 is 3.79. The molecule has 0 unspecified atom stereocenters. The molecule has 38 heavy (non-hydrogen) atoms. The van der Waals surface area contributed by atoms with Gasteiger partial charge in [-0.25, -0.2) is 24.9 Å². The van der Waals surface area contributed by atoms with E-state index in [1.165, 1.54) is 11.1 Å². The van der Waals surface area contributed by atoms with Crippen LogP contribution in [0.1, 0.15) is 44.8 Å². The first kappa shape index (κ1) is 25.0. The molecular weight excluding hydrogens is 470 g/mol. The Morgan fingerprint density at radius 3 is 1.34 bits per heavy atom. The summed E-state index contributed by atoms with van der Waals surface area (Å²) in [5, 5.41) is 0. The second-order valence-corrected chi connectivity index (χ2v) is 9.71. The quantitative estimate of drug-likeness (QED) is 0.206. The first-order valence-electron chi connectivity index (χ1n) is 12.6. The third-order valence-corrected chi connectivity index (χ3v) is 6.41. The molecule has 190 valence electrons. The predicted molar refractivity (Wildman–Crippen MR) is 153 cm³/mol. The monoisotopic (exact) mass is 501 g/mol. The van der Waals surface area contributed by atoms with Crippen molar-refractivity contribution in [3.63, 3.8) is 0 Å². The number of nitrogens with zero attached hydrogens (tertiary/aromatic N) is 7. The number of aliphatic imine (C=N–C) groups is 2. The molecular formula is C31H31N7. The highest BCUT2D eigenvalue weighted by Gasteiger charge is 2.16. The van der Waals surface area contributed by atoms with E-state index in [9.17, 15) is 0 Å². The number of aryl methyl sites for hydroxylation is 6. The van der Waals surface area contributed by atoms with Crippen LogP contribution in [0.2, 0.25) is 0 Å². The second-order valence-electron chi connectivity index (χ2n) is 9.71.